The maximum Gasteiger partial charge on any atom is 0.313 e. The number of nitro benzene ring substituents is 1. The summed E-state index contributed by atoms with van der Waals surface area (Å²) >= 11 is 0. The molecule has 0 aromatic heterocycles. The van der Waals surface area contributed by atoms with E-state index in [9.17, 15) is 19.7 Å². The minimum absolute atomic E-state index is 0.101. The molecule has 0 radical (unpaired) electrons. The highest BCUT2D eigenvalue weighted by molar-refractivity contribution is 6.04. The Balaban J connectivity index is 1.97. The third-order valence-corrected chi connectivity index (χ3v) is 5.80. The second-order valence-electron chi connectivity index (χ2n) is 6.90. The molecule has 1 saturated heterocycles. The number of para-hydroxylation sites is 2. The van der Waals surface area contributed by atoms with Crippen LogP contribution in [-0.4, -0.2) is 22.4 Å². The largest absolute Gasteiger partial charge is 0.448 e. The summed E-state index contributed by atoms with van der Waals surface area (Å²) in [4.78, 5) is 35.6. The molecule has 1 aromatic rings. The molecular weight excluding hydrogens is 300 g/mol. The number of hydrogen-bond donors (Lipinski definition) is 1. The number of carbonyl (C=O) groups is 2. The second-order valence-corrected chi connectivity index (χ2v) is 6.90. The molecule has 23 heavy (non-hydrogen) atoms. The van der Waals surface area contributed by atoms with Gasteiger partial charge in [-0.15, -0.1) is 0 Å². The summed E-state index contributed by atoms with van der Waals surface area (Å²) in [6, 6.07) is 5.91. The van der Waals surface area contributed by atoms with E-state index in [0.29, 0.717) is 12.8 Å². The van der Waals surface area contributed by atoms with Crippen LogP contribution in [0.15, 0.2) is 24.3 Å². The Morgan fingerprint density at radius 1 is 1.26 bits per heavy atom. The standard InChI is InChI=1S/C16H18N2O5/c1-14(2)15(3)8-9-16(14,23-13(15)20)12(19)17-10-6-4-5-7-11(10)18(21)22/h4-7H,8-9H2,1-3H3,(H,17,19). The number of carbonyl (C=O) groups excluding carboxylic acids is 2. The third-order valence-electron chi connectivity index (χ3n) is 5.80. The first-order chi connectivity index (χ1) is 10.7. The number of nitro groups is 1. The maximum absolute atomic E-state index is 12.9. The number of rotatable bonds is 3. The molecule has 2 fully saturated rings. The van der Waals surface area contributed by atoms with Gasteiger partial charge in [0.25, 0.3) is 11.6 Å². The SMILES string of the molecule is CC12CCC(C(=O)Nc3ccccc3[N+](=O)[O-])(OC1=O)C2(C)C. The number of amides is 1. The molecule has 1 saturated carbocycles. The Labute approximate surface area is 133 Å². The van der Waals surface area contributed by atoms with Crippen molar-refractivity contribution in [3.05, 3.63) is 34.4 Å². The fraction of sp³-hybridized carbons (Fsp3) is 0.500. The van der Waals surface area contributed by atoms with Gasteiger partial charge in [-0.2, -0.15) is 0 Å². The van der Waals surface area contributed by atoms with Crippen molar-refractivity contribution in [1.29, 1.82) is 0 Å². The van der Waals surface area contributed by atoms with Crippen LogP contribution in [0.4, 0.5) is 11.4 Å². The molecule has 2 bridgehead atoms. The smallest absolute Gasteiger partial charge is 0.313 e. The summed E-state index contributed by atoms with van der Waals surface area (Å²) in [7, 11) is 0. The molecule has 2 atom stereocenters. The Morgan fingerprint density at radius 2 is 1.91 bits per heavy atom. The lowest BCUT2D eigenvalue weighted by Crippen LogP contribution is -2.50. The predicted molar refractivity (Wildman–Crippen MR) is 81.7 cm³/mol. The summed E-state index contributed by atoms with van der Waals surface area (Å²) in [6.07, 6.45) is 0.970. The van der Waals surface area contributed by atoms with E-state index in [-0.39, 0.29) is 17.3 Å². The number of anilines is 1. The molecule has 2 unspecified atom stereocenters. The number of ether oxygens (including phenoxy) is 1. The minimum Gasteiger partial charge on any atom is -0.448 e. The number of nitrogens with one attached hydrogen (secondary N) is 1. The van der Waals surface area contributed by atoms with Crippen LogP contribution < -0.4 is 5.32 Å². The quantitative estimate of drug-likeness (QED) is 0.525. The maximum atomic E-state index is 12.9. The van der Waals surface area contributed by atoms with Crippen LogP contribution in [0.25, 0.3) is 0 Å². The van der Waals surface area contributed by atoms with E-state index in [1.54, 1.807) is 6.07 Å². The van der Waals surface area contributed by atoms with Gasteiger partial charge in [0.1, 0.15) is 5.69 Å². The van der Waals surface area contributed by atoms with Crippen LogP contribution in [0.3, 0.4) is 0 Å². The zero-order valence-corrected chi connectivity index (χ0v) is 13.2. The van der Waals surface area contributed by atoms with Crippen molar-refractivity contribution >= 4 is 23.3 Å². The molecule has 2 aliphatic rings. The van der Waals surface area contributed by atoms with Gasteiger partial charge in [0, 0.05) is 11.5 Å². The van der Waals surface area contributed by atoms with E-state index in [1.807, 2.05) is 20.8 Å². The van der Waals surface area contributed by atoms with Crippen LogP contribution in [0.2, 0.25) is 0 Å². The highest BCUT2D eigenvalue weighted by Crippen LogP contribution is 2.65. The Kier molecular flexibility index (Phi) is 3.05. The molecule has 1 aliphatic heterocycles. The number of nitrogens with zero attached hydrogens (tertiary/aromatic N) is 1. The van der Waals surface area contributed by atoms with Crippen LogP contribution in [0, 0.1) is 20.9 Å². The first-order valence-corrected chi connectivity index (χ1v) is 7.44. The van der Waals surface area contributed by atoms with Crippen molar-refractivity contribution in [2.45, 2.75) is 39.2 Å². The molecule has 7 nitrogen and oxygen atoms in total. The van der Waals surface area contributed by atoms with Crippen LogP contribution >= 0.6 is 0 Å². The lowest BCUT2D eigenvalue weighted by Gasteiger charge is -2.35. The van der Waals surface area contributed by atoms with Crippen molar-refractivity contribution in [1.82, 2.24) is 0 Å². The van der Waals surface area contributed by atoms with Crippen molar-refractivity contribution < 1.29 is 19.2 Å². The Morgan fingerprint density at radius 3 is 2.43 bits per heavy atom. The average molecular weight is 318 g/mol. The predicted octanol–water partition coefficient (Wildman–Crippen LogP) is 2.66. The van der Waals surface area contributed by atoms with Gasteiger partial charge in [-0.05, 0) is 25.8 Å². The average Bonchev–Trinajstić information content (AvgIpc) is 2.78. The lowest BCUT2D eigenvalue weighted by atomic mass is 9.66. The number of benzene rings is 1. The van der Waals surface area contributed by atoms with Crippen molar-refractivity contribution in [3.8, 4) is 0 Å². The molecule has 7 heteroatoms. The first kappa shape index (κ1) is 15.5. The summed E-state index contributed by atoms with van der Waals surface area (Å²) in [6.45, 7) is 5.48. The normalized spacial score (nSPS) is 30.8. The van der Waals surface area contributed by atoms with Crippen LogP contribution in [-0.2, 0) is 14.3 Å². The van der Waals surface area contributed by atoms with E-state index in [1.165, 1.54) is 18.2 Å². The van der Waals surface area contributed by atoms with Gasteiger partial charge in [-0.1, -0.05) is 26.0 Å². The van der Waals surface area contributed by atoms with Gasteiger partial charge in [-0.25, -0.2) is 0 Å². The topological polar surface area (TPSA) is 98.5 Å². The lowest BCUT2D eigenvalue weighted by molar-refractivity contribution is -0.383. The highest BCUT2D eigenvalue weighted by atomic mass is 16.6. The van der Waals surface area contributed by atoms with Crippen molar-refractivity contribution in [2.75, 3.05) is 5.32 Å². The molecule has 1 aliphatic carbocycles. The summed E-state index contributed by atoms with van der Waals surface area (Å²) in [5.74, 6) is -0.891. The van der Waals surface area contributed by atoms with Crippen molar-refractivity contribution in [3.63, 3.8) is 0 Å². The Bertz CT molecular complexity index is 729. The van der Waals surface area contributed by atoms with E-state index in [4.69, 9.17) is 4.74 Å². The molecular formula is C16H18N2O5. The molecule has 122 valence electrons. The minimum atomic E-state index is -1.29. The molecule has 0 spiro atoms. The van der Waals surface area contributed by atoms with Crippen LogP contribution in [0.1, 0.15) is 33.6 Å². The van der Waals surface area contributed by atoms with Gasteiger partial charge in [-0.3, -0.25) is 19.7 Å². The zero-order valence-electron chi connectivity index (χ0n) is 13.2. The van der Waals surface area contributed by atoms with Gasteiger partial charge in [0.2, 0.25) is 0 Å². The third kappa shape index (κ3) is 1.76. The van der Waals surface area contributed by atoms with E-state index in [2.05, 4.69) is 5.32 Å². The van der Waals surface area contributed by atoms with Gasteiger partial charge >= 0.3 is 5.97 Å². The Hall–Kier alpha value is -2.44. The van der Waals surface area contributed by atoms with E-state index in [0.717, 1.165) is 0 Å². The van der Waals surface area contributed by atoms with Gasteiger partial charge in [0.05, 0.1) is 10.3 Å². The van der Waals surface area contributed by atoms with E-state index < -0.39 is 27.3 Å². The molecule has 1 heterocycles. The fourth-order valence-corrected chi connectivity index (χ4v) is 3.71. The molecule has 3 rings (SSSR count). The number of esters is 1. The summed E-state index contributed by atoms with van der Waals surface area (Å²) in [5.41, 5.74) is -2.79. The first-order valence-electron chi connectivity index (χ1n) is 7.44. The molecule has 1 aromatic carbocycles. The van der Waals surface area contributed by atoms with Gasteiger partial charge < -0.3 is 10.1 Å². The second kappa shape index (κ2) is 4.53. The molecule has 1 amide bonds. The summed E-state index contributed by atoms with van der Waals surface area (Å²) in [5, 5.41) is 13.7. The zero-order chi connectivity index (χ0) is 17.0. The monoisotopic (exact) mass is 318 g/mol. The fourth-order valence-electron chi connectivity index (χ4n) is 3.71. The number of fused-ring (bicyclic) bond motifs is 2. The van der Waals surface area contributed by atoms with Crippen molar-refractivity contribution in [2.24, 2.45) is 10.8 Å². The molecule has 1 N–H and O–H groups in total. The number of hydrogen-bond acceptors (Lipinski definition) is 5. The summed E-state index contributed by atoms with van der Waals surface area (Å²) < 4.78 is 5.48. The highest BCUT2D eigenvalue weighted by Gasteiger charge is 2.75. The van der Waals surface area contributed by atoms with Crippen LogP contribution in [0.5, 0.6) is 0 Å². The van der Waals surface area contributed by atoms with E-state index >= 15 is 0 Å². The van der Waals surface area contributed by atoms with Gasteiger partial charge in [0.15, 0.2) is 5.60 Å².